The summed E-state index contributed by atoms with van der Waals surface area (Å²) in [6.45, 7) is 0. The first-order valence-corrected chi connectivity index (χ1v) is 12.8. The number of amides is 1. The zero-order chi connectivity index (χ0) is 26.5. The molecule has 5 aromatic rings. The number of benzene rings is 4. The molecule has 1 heterocycles. The second-order valence-electron chi connectivity index (χ2n) is 9.67. The second kappa shape index (κ2) is 11.3. The van der Waals surface area contributed by atoms with Crippen molar-refractivity contribution < 1.29 is 14.3 Å². The fourth-order valence-corrected chi connectivity index (χ4v) is 5.15. The van der Waals surface area contributed by atoms with Crippen molar-refractivity contribution in [3.63, 3.8) is 0 Å². The summed E-state index contributed by atoms with van der Waals surface area (Å²) in [5.41, 5.74) is 3.04. The lowest BCUT2D eigenvalue weighted by molar-refractivity contribution is -0.145. The molecule has 0 saturated heterocycles. The molecule has 0 unspecified atom stereocenters. The number of nitrogens with one attached hydrogen (secondary N) is 1. The van der Waals surface area contributed by atoms with Gasteiger partial charge in [-0.25, -0.2) is 9.78 Å². The quantitative estimate of drug-likeness (QED) is 0.285. The van der Waals surface area contributed by atoms with Gasteiger partial charge in [-0.15, -0.1) is 0 Å². The molecule has 5 rings (SSSR count). The molecule has 0 bridgehead atoms. The number of fused-ring (bicyclic) bond motifs is 2. The van der Waals surface area contributed by atoms with Crippen molar-refractivity contribution in [2.75, 3.05) is 7.11 Å². The third-order valence-electron chi connectivity index (χ3n) is 7.20. The molecule has 0 spiro atoms. The number of rotatable bonds is 9. The summed E-state index contributed by atoms with van der Waals surface area (Å²) in [7, 11) is 3.21. The third-order valence-corrected chi connectivity index (χ3v) is 7.20. The fraction of sp³-hybridized carbons (Fsp3) is 0.219. The van der Waals surface area contributed by atoms with Crippen LogP contribution in [0, 0.1) is 5.92 Å². The minimum absolute atomic E-state index is 0.177. The van der Waals surface area contributed by atoms with Crippen molar-refractivity contribution in [3.05, 3.63) is 114 Å². The van der Waals surface area contributed by atoms with Crippen LogP contribution in [0.2, 0.25) is 0 Å². The van der Waals surface area contributed by atoms with Crippen LogP contribution in [0.1, 0.15) is 16.8 Å². The minimum atomic E-state index is -0.814. The number of nitrogens with zero attached hydrogens (tertiary/aromatic N) is 2. The van der Waals surface area contributed by atoms with Crippen LogP contribution in [0.15, 0.2) is 97.5 Å². The molecule has 0 aliphatic rings. The Labute approximate surface area is 222 Å². The molecule has 1 atom stereocenters. The molecule has 6 nitrogen and oxygen atoms in total. The number of carbonyl (C=O) groups excluding carboxylic acids is 2. The maximum absolute atomic E-state index is 13.9. The van der Waals surface area contributed by atoms with E-state index in [1.54, 1.807) is 12.5 Å². The Morgan fingerprint density at radius 3 is 1.89 bits per heavy atom. The molecule has 1 aromatic heterocycles. The third kappa shape index (κ3) is 5.44. The van der Waals surface area contributed by atoms with Gasteiger partial charge in [0, 0.05) is 31.3 Å². The maximum Gasteiger partial charge on any atom is 0.328 e. The van der Waals surface area contributed by atoms with E-state index in [1.165, 1.54) is 7.11 Å². The predicted molar refractivity (Wildman–Crippen MR) is 150 cm³/mol. The zero-order valence-corrected chi connectivity index (χ0v) is 21.6. The van der Waals surface area contributed by atoms with Crippen LogP contribution < -0.4 is 5.32 Å². The Bertz CT molecular complexity index is 1500. The SMILES string of the molecule is COC(=O)[C@H](Cc1cncn1C)NC(=O)C(Cc1cccc2ccccc12)Cc1cccc2ccccc12. The number of aryl methyl sites for hydroxylation is 1. The van der Waals surface area contributed by atoms with Gasteiger partial charge in [0.15, 0.2) is 0 Å². The summed E-state index contributed by atoms with van der Waals surface area (Å²) in [4.78, 5) is 30.8. The molecule has 0 aliphatic heterocycles. The number of aromatic nitrogens is 2. The van der Waals surface area contributed by atoms with Gasteiger partial charge in [-0.05, 0) is 45.5 Å². The van der Waals surface area contributed by atoms with Crippen LogP contribution in [0.3, 0.4) is 0 Å². The molecule has 0 radical (unpaired) electrons. The van der Waals surface area contributed by atoms with Crippen LogP contribution in [-0.4, -0.2) is 34.6 Å². The van der Waals surface area contributed by atoms with Crippen LogP contribution in [0.25, 0.3) is 21.5 Å². The summed E-state index contributed by atoms with van der Waals surface area (Å²) < 4.78 is 6.89. The van der Waals surface area contributed by atoms with Gasteiger partial charge >= 0.3 is 5.97 Å². The highest BCUT2D eigenvalue weighted by Gasteiger charge is 2.28. The summed E-state index contributed by atoms with van der Waals surface area (Å²) in [5, 5.41) is 7.55. The van der Waals surface area contributed by atoms with Crippen LogP contribution >= 0.6 is 0 Å². The molecule has 192 valence electrons. The standard InChI is InChI=1S/C32H31N3O3/c1-35-21-33-20-27(35)19-30(32(37)38-2)34-31(36)26(17-24-13-7-11-22-9-3-5-15-28(22)24)18-25-14-8-12-23-10-4-6-16-29(23)25/h3-16,20-21,26,30H,17-19H2,1-2H3,(H,34,36)/t30-/m0/s1. The molecule has 0 fully saturated rings. The lowest BCUT2D eigenvalue weighted by atomic mass is 9.87. The Hall–Kier alpha value is -4.45. The highest BCUT2D eigenvalue weighted by Crippen LogP contribution is 2.26. The Morgan fingerprint density at radius 1 is 0.816 bits per heavy atom. The largest absolute Gasteiger partial charge is 0.467 e. The molecular weight excluding hydrogens is 474 g/mol. The van der Waals surface area contributed by atoms with E-state index < -0.39 is 17.9 Å². The average molecular weight is 506 g/mol. The lowest BCUT2D eigenvalue weighted by Gasteiger charge is -2.23. The number of carbonyl (C=O) groups is 2. The summed E-state index contributed by atoms with van der Waals surface area (Å²) in [6.07, 6.45) is 4.75. The van der Waals surface area contributed by atoms with E-state index >= 15 is 0 Å². The summed E-state index contributed by atoms with van der Waals surface area (Å²) in [6, 6.07) is 28.0. The molecule has 1 amide bonds. The molecule has 38 heavy (non-hydrogen) atoms. The van der Waals surface area contributed by atoms with E-state index in [4.69, 9.17) is 4.74 Å². The van der Waals surface area contributed by atoms with Crippen molar-refractivity contribution in [1.82, 2.24) is 14.9 Å². The van der Waals surface area contributed by atoms with E-state index in [9.17, 15) is 9.59 Å². The van der Waals surface area contributed by atoms with Gasteiger partial charge in [0.05, 0.1) is 13.4 Å². The molecular formula is C32H31N3O3. The number of hydrogen-bond acceptors (Lipinski definition) is 4. The second-order valence-corrected chi connectivity index (χ2v) is 9.67. The van der Waals surface area contributed by atoms with E-state index in [1.807, 2.05) is 48.0 Å². The highest BCUT2D eigenvalue weighted by atomic mass is 16.5. The number of hydrogen-bond donors (Lipinski definition) is 1. The average Bonchev–Trinajstić information content (AvgIpc) is 3.36. The van der Waals surface area contributed by atoms with E-state index in [0.29, 0.717) is 19.3 Å². The van der Waals surface area contributed by atoms with Crippen molar-refractivity contribution in [3.8, 4) is 0 Å². The van der Waals surface area contributed by atoms with Crippen LogP contribution in [0.4, 0.5) is 0 Å². The van der Waals surface area contributed by atoms with Crippen molar-refractivity contribution in [2.24, 2.45) is 13.0 Å². The van der Waals surface area contributed by atoms with E-state index in [-0.39, 0.29) is 5.91 Å². The topological polar surface area (TPSA) is 73.2 Å². The van der Waals surface area contributed by atoms with Gasteiger partial charge in [0.1, 0.15) is 6.04 Å². The lowest BCUT2D eigenvalue weighted by Crippen LogP contribution is -2.46. The normalized spacial score (nSPS) is 12.1. The number of esters is 1. The Balaban J connectivity index is 1.49. The van der Waals surface area contributed by atoms with E-state index in [2.05, 4.69) is 58.8 Å². The first-order valence-electron chi connectivity index (χ1n) is 12.8. The van der Waals surface area contributed by atoms with Gasteiger partial charge < -0.3 is 14.6 Å². The van der Waals surface area contributed by atoms with Gasteiger partial charge in [-0.1, -0.05) is 84.9 Å². The number of imidazole rings is 1. The molecule has 4 aromatic carbocycles. The summed E-state index contributed by atoms with van der Waals surface area (Å²) in [5.74, 6) is -1.05. The van der Waals surface area contributed by atoms with E-state index in [0.717, 1.165) is 38.4 Å². The van der Waals surface area contributed by atoms with Gasteiger partial charge in [-0.2, -0.15) is 0 Å². The van der Waals surface area contributed by atoms with Crippen molar-refractivity contribution >= 4 is 33.4 Å². The number of ether oxygens (including phenoxy) is 1. The number of methoxy groups -OCH3 is 1. The van der Waals surface area contributed by atoms with Crippen LogP contribution in [0.5, 0.6) is 0 Å². The van der Waals surface area contributed by atoms with Crippen molar-refractivity contribution in [1.29, 1.82) is 0 Å². The fourth-order valence-electron chi connectivity index (χ4n) is 5.15. The molecule has 1 N–H and O–H groups in total. The van der Waals surface area contributed by atoms with Gasteiger partial charge in [0.25, 0.3) is 0 Å². The summed E-state index contributed by atoms with van der Waals surface area (Å²) >= 11 is 0. The molecule has 0 aliphatic carbocycles. The van der Waals surface area contributed by atoms with Gasteiger partial charge in [0.2, 0.25) is 5.91 Å². The minimum Gasteiger partial charge on any atom is -0.467 e. The molecule has 6 heteroatoms. The van der Waals surface area contributed by atoms with Gasteiger partial charge in [-0.3, -0.25) is 4.79 Å². The Morgan fingerprint density at radius 2 is 1.37 bits per heavy atom. The Kier molecular flexibility index (Phi) is 7.50. The molecule has 0 saturated carbocycles. The van der Waals surface area contributed by atoms with Crippen molar-refractivity contribution in [2.45, 2.75) is 25.3 Å². The first kappa shape index (κ1) is 25.2. The smallest absolute Gasteiger partial charge is 0.328 e. The highest BCUT2D eigenvalue weighted by molar-refractivity contribution is 5.90. The predicted octanol–water partition coefficient (Wildman–Crippen LogP) is 5.03. The maximum atomic E-state index is 13.9. The monoisotopic (exact) mass is 505 g/mol. The van der Waals surface area contributed by atoms with Crippen LogP contribution in [-0.2, 0) is 40.6 Å². The zero-order valence-electron chi connectivity index (χ0n) is 21.6. The first-order chi connectivity index (χ1) is 18.5.